The maximum Gasteiger partial charge on any atom is 0.237 e. The number of rotatable bonds is 4. The largest absolute Gasteiger partial charge is 0.383 e. The molecular formula is C13H24N2O2. The standard InChI is InChI=1S/C13H24N2O2/c1-15-10-13(5-3-6-13)7-4-11(15)12(16)14-8-9-17-2/h11H,3-10H2,1-2H3,(H,14,16). The van der Waals surface area contributed by atoms with E-state index in [1.54, 1.807) is 7.11 Å². The smallest absolute Gasteiger partial charge is 0.237 e. The lowest BCUT2D eigenvalue weighted by Crippen LogP contribution is -2.55. The van der Waals surface area contributed by atoms with Crippen molar-refractivity contribution in [3.63, 3.8) is 0 Å². The molecule has 2 aliphatic rings. The minimum absolute atomic E-state index is 0.0677. The molecular weight excluding hydrogens is 216 g/mol. The number of methoxy groups -OCH3 is 1. The number of carbonyl (C=O) groups excluding carboxylic acids is 1. The zero-order valence-corrected chi connectivity index (χ0v) is 11.0. The van der Waals surface area contributed by atoms with Gasteiger partial charge in [-0.1, -0.05) is 6.42 Å². The van der Waals surface area contributed by atoms with Gasteiger partial charge in [-0.2, -0.15) is 0 Å². The number of nitrogens with one attached hydrogen (secondary N) is 1. The van der Waals surface area contributed by atoms with Crippen LogP contribution in [0.2, 0.25) is 0 Å². The normalized spacial score (nSPS) is 27.8. The monoisotopic (exact) mass is 240 g/mol. The van der Waals surface area contributed by atoms with Crippen LogP contribution in [0, 0.1) is 5.41 Å². The Balaban J connectivity index is 1.79. The van der Waals surface area contributed by atoms with Crippen LogP contribution in [0.4, 0.5) is 0 Å². The highest BCUT2D eigenvalue weighted by molar-refractivity contribution is 5.81. The van der Waals surface area contributed by atoms with Crippen molar-refractivity contribution >= 4 is 5.91 Å². The summed E-state index contributed by atoms with van der Waals surface area (Å²) >= 11 is 0. The Hall–Kier alpha value is -0.610. The fourth-order valence-electron chi connectivity index (χ4n) is 3.19. The fourth-order valence-corrected chi connectivity index (χ4v) is 3.19. The highest BCUT2D eigenvalue weighted by atomic mass is 16.5. The SMILES string of the molecule is COCCNC(=O)C1CCC2(CCC2)CN1C. The van der Waals surface area contributed by atoms with Gasteiger partial charge in [0.2, 0.25) is 5.91 Å². The summed E-state index contributed by atoms with van der Waals surface area (Å²) in [4.78, 5) is 14.2. The molecule has 1 amide bonds. The Morgan fingerprint density at radius 3 is 2.76 bits per heavy atom. The van der Waals surface area contributed by atoms with Crippen molar-refractivity contribution in [1.29, 1.82) is 0 Å². The van der Waals surface area contributed by atoms with Crippen LogP contribution in [-0.2, 0) is 9.53 Å². The molecule has 4 heteroatoms. The molecule has 0 aromatic carbocycles. The van der Waals surface area contributed by atoms with Crippen molar-refractivity contribution < 1.29 is 9.53 Å². The molecule has 4 nitrogen and oxygen atoms in total. The highest BCUT2D eigenvalue weighted by Gasteiger charge is 2.43. The molecule has 2 rings (SSSR count). The minimum Gasteiger partial charge on any atom is -0.383 e. The third kappa shape index (κ3) is 2.80. The van der Waals surface area contributed by atoms with Crippen molar-refractivity contribution in [2.24, 2.45) is 5.41 Å². The van der Waals surface area contributed by atoms with Crippen LogP contribution in [-0.4, -0.2) is 50.7 Å². The molecule has 0 aromatic rings. The van der Waals surface area contributed by atoms with E-state index in [-0.39, 0.29) is 11.9 Å². The van der Waals surface area contributed by atoms with E-state index in [4.69, 9.17) is 4.74 Å². The number of likely N-dealkylation sites (tertiary alicyclic amines) is 1. The second-order valence-electron chi connectivity index (χ2n) is 5.61. The summed E-state index contributed by atoms with van der Waals surface area (Å²) in [6.07, 6.45) is 6.32. The van der Waals surface area contributed by atoms with E-state index >= 15 is 0 Å². The van der Waals surface area contributed by atoms with Crippen molar-refractivity contribution in [2.45, 2.75) is 38.1 Å². The average Bonchev–Trinajstić information content (AvgIpc) is 2.27. The minimum atomic E-state index is 0.0677. The fraction of sp³-hybridized carbons (Fsp3) is 0.923. The predicted molar refractivity (Wildman–Crippen MR) is 66.8 cm³/mol. The zero-order valence-electron chi connectivity index (χ0n) is 11.0. The third-order valence-electron chi connectivity index (χ3n) is 4.39. The number of hydrogen-bond acceptors (Lipinski definition) is 3. The van der Waals surface area contributed by atoms with Crippen LogP contribution >= 0.6 is 0 Å². The molecule has 1 heterocycles. The number of nitrogens with zero attached hydrogens (tertiary/aromatic N) is 1. The molecule has 1 spiro atoms. The number of piperidine rings is 1. The second-order valence-corrected chi connectivity index (χ2v) is 5.61. The van der Waals surface area contributed by atoms with Crippen LogP contribution in [0.5, 0.6) is 0 Å². The molecule has 98 valence electrons. The molecule has 0 bridgehead atoms. The molecule has 2 fully saturated rings. The second kappa shape index (κ2) is 5.36. The molecule has 17 heavy (non-hydrogen) atoms. The van der Waals surface area contributed by atoms with Crippen molar-refractivity contribution in [3.8, 4) is 0 Å². The summed E-state index contributed by atoms with van der Waals surface area (Å²) < 4.78 is 4.94. The first-order chi connectivity index (χ1) is 8.17. The third-order valence-corrected chi connectivity index (χ3v) is 4.39. The lowest BCUT2D eigenvalue weighted by molar-refractivity contribution is -0.130. The molecule has 0 aromatic heterocycles. The number of hydrogen-bond donors (Lipinski definition) is 1. The lowest BCUT2D eigenvalue weighted by atomic mass is 9.63. The van der Waals surface area contributed by atoms with Gasteiger partial charge in [0.25, 0.3) is 0 Å². The van der Waals surface area contributed by atoms with E-state index in [9.17, 15) is 4.79 Å². The van der Waals surface area contributed by atoms with Crippen LogP contribution in [0.3, 0.4) is 0 Å². The first-order valence-electron chi connectivity index (χ1n) is 6.64. The van der Waals surface area contributed by atoms with Gasteiger partial charge in [-0.05, 0) is 38.1 Å². The molecule has 1 atom stereocenters. The van der Waals surface area contributed by atoms with E-state index in [1.165, 1.54) is 25.7 Å². The Labute approximate surface area is 104 Å². The molecule has 1 saturated carbocycles. The molecule has 1 saturated heterocycles. The van der Waals surface area contributed by atoms with Gasteiger partial charge >= 0.3 is 0 Å². The number of amides is 1. The number of carbonyl (C=O) groups is 1. The molecule has 0 radical (unpaired) electrons. The molecule has 1 N–H and O–H groups in total. The maximum absolute atomic E-state index is 12.0. The highest BCUT2D eigenvalue weighted by Crippen LogP contribution is 2.48. The van der Waals surface area contributed by atoms with E-state index in [1.807, 2.05) is 0 Å². The van der Waals surface area contributed by atoms with Crippen LogP contribution < -0.4 is 5.32 Å². The summed E-state index contributed by atoms with van der Waals surface area (Å²) in [5.41, 5.74) is 0.554. The quantitative estimate of drug-likeness (QED) is 0.746. The van der Waals surface area contributed by atoms with E-state index in [0.717, 1.165) is 13.0 Å². The van der Waals surface area contributed by atoms with Gasteiger partial charge in [0.05, 0.1) is 12.6 Å². The van der Waals surface area contributed by atoms with Gasteiger partial charge in [-0.3, -0.25) is 9.69 Å². The van der Waals surface area contributed by atoms with Gasteiger partial charge in [0.15, 0.2) is 0 Å². The number of ether oxygens (including phenoxy) is 1. The summed E-state index contributed by atoms with van der Waals surface area (Å²) in [5.74, 6) is 0.165. The maximum atomic E-state index is 12.0. The van der Waals surface area contributed by atoms with E-state index in [0.29, 0.717) is 18.6 Å². The first-order valence-corrected chi connectivity index (χ1v) is 6.64. The van der Waals surface area contributed by atoms with Crippen molar-refractivity contribution in [3.05, 3.63) is 0 Å². The Kier molecular flexibility index (Phi) is 4.05. The van der Waals surface area contributed by atoms with Gasteiger partial charge in [0.1, 0.15) is 0 Å². The topological polar surface area (TPSA) is 41.6 Å². The first kappa shape index (κ1) is 12.8. The van der Waals surface area contributed by atoms with Crippen LogP contribution in [0.25, 0.3) is 0 Å². The van der Waals surface area contributed by atoms with E-state index < -0.39 is 0 Å². The van der Waals surface area contributed by atoms with Crippen molar-refractivity contribution in [1.82, 2.24) is 10.2 Å². The molecule has 1 aliphatic carbocycles. The summed E-state index contributed by atoms with van der Waals surface area (Å²) in [6.45, 7) is 2.30. The van der Waals surface area contributed by atoms with E-state index in [2.05, 4.69) is 17.3 Å². The van der Waals surface area contributed by atoms with Gasteiger partial charge < -0.3 is 10.1 Å². The van der Waals surface area contributed by atoms with Gasteiger partial charge in [-0.25, -0.2) is 0 Å². The summed E-state index contributed by atoms with van der Waals surface area (Å²) in [7, 11) is 3.74. The Bertz CT molecular complexity index is 277. The zero-order chi connectivity index (χ0) is 12.3. The van der Waals surface area contributed by atoms with Crippen LogP contribution in [0.1, 0.15) is 32.1 Å². The van der Waals surface area contributed by atoms with Gasteiger partial charge in [0, 0.05) is 20.2 Å². The lowest BCUT2D eigenvalue weighted by Gasteiger charge is -2.50. The molecule has 1 aliphatic heterocycles. The van der Waals surface area contributed by atoms with Crippen LogP contribution in [0.15, 0.2) is 0 Å². The number of likely N-dealkylation sites (N-methyl/N-ethyl adjacent to an activating group) is 1. The van der Waals surface area contributed by atoms with Crippen molar-refractivity contribution in [2.75, 3.05) is 33.9 Å². The summed E-state index contributed by atoms with van der Waals surface area (Å²) in [5, 5.41) is 2.94. The summed E-state index contributed by atoms with van der Waals surface area (Å²) in [6, 6.07) is 0.0677. The molecule has 1 unspecified atom stereocenters. The average molecular weight is 240 g/mol. The Morgan fingerprint density at radius 2 is 2.24 bits per heavy atom. The predicted octanol–water partition coefficient (Wildman–Crippen LogP) is 1.01. The Morgan fingerprint density at radius 1 is 1.47 bits per heavy atom. The van der Waals surface area contributed by atoms with Gasteiger partial charge in [-0.15, -0.1) is 0 Å².